The van der Waals surface area contributed by atoms with Crippen molar-refractivity contribution in [1.82, 2.24) is 4.72 Å². The lowest BCUT2D eigenvalue weighted by Gasteiger charge is -2.17. The van der Waals surface area contributed by atoms with Crippen molar-refractivity contribution in [2.24, 2.45) is 5.92 Å². The normalized spacial score (nSPS) is 14.0. The molecule has 0 radical (unpaired) electrons. The van der Waals surface area contributed by atoms with Gasteiger partial charge in [0.25, 0.3) is 15.9 Å². The van der Waals surface area contributed by atoms with Gasteiger partial charge in [0, 0.05) is 9.77 Å². The third kappa shape index (κ3) is 4.28. The van der Waals surface area contributed by atoms with Crippen molar-refractivity contribution in [1.29, 1.82) is 0 Å². The predicted molar refractivity (Wildman–Crippen MR) is 103 cm³/mol. The molecule has 0 spiro atoms. The Morgan fingerprint density at radius 1 is 1.27 bits per heavy atom. The van der Waals surface area contributed by atoms with Gasteiger partial charge in [0.05, 0.1) is 21.2 Å². The van der Waals surface area contributed by atoms with Gasteiger partial charge in [-0.15, -0.1) is 23.1 Å². The van der Waals surface area contributed by atoms with E-state index in [0.29, 0.717) is 22.2 Å². The number of thioether (sulfide) groups is 1. The van der Waals surface area contributed by atoms with Crippen LogP contribution in [0.15, 0.2) is 40.1 Å². The Labute approximate surface area is 160 Å². The van der Waals surface area contributed by atoms with Crippen LogP contribution < -0.4 is 10.0 Å². The van der Waals surface area contributed by atoms with Crippen LogP contribution in [-0.4, -0.2) is 26.0 Å². The van der Waals surface area contributed by atoms with Crippen LogP contribution in [0, 0.1) is 5.92 Å². The van der Waals surface area contributed by atoms with Crippen molar-refractivity contribution in [2.75, 3.05) is 11.1 Å². The van der Waals surface area contributed by atoms with Crippen molar-refractivity contribution in [3.63, 3.8) is 0 Å². The molecule has 9 heteroatoms. The Balaban J connectivity index is 1.78. The van der Waals surface area contributed by atoms with Crippen molar-refractivity contribution in [3.8, 4) is 0 Å². The second-order valence-electron chi connectivity index (χ2n) is 6.29. The number of rotatable bonds is 5. The highest BCUT2D eigenvalue weighted by Gasteiger charge is 2.23. The molecule has 0 saturated heterocycles. The summed E-state index contributed by atoms with van der Waals surface area (Å²) in [6, 6.07) is 7.91. The molecule has 0 fully saturated rings. The molecule has 2 heterocycles. The van der Waals surface area contributed by atoms with Gasteiger partial charge in [-0.2, -0.15) is 0 Å². The van der Waals surface area contributed by atoms with Crippen LogP contribution in [0.4, 0.5) is 5.69 Å². The zero-order valence-corrected chi connectivity index (χ0v) is 16.7. The molecule has 2 aromatic rings. The second-order valence-corrected chi connectivity index (χ2v) is 10.2. The third-order valence-corrected chi connectivity index (χ3v) is 7.12. The maximum Gasteiger partial charge on any atom is 0.275 e. The van der Waals surface area contributed by atoms with Crippen LogP contribution in [0.3, 0.4) is 0 Å². The molecule has 0 aliphatic carbocycles. The molecule has 1 aliphatic heterocycles. The number of hydrogen-bond acceptors (Lipinski definition) is 6. The number of anilines is 1. The summed E-state index contributed by atoms with van der Waals surface area (Å²) in [5.41, 5.74) is 0.442. The molecule has 0 atom stereocenters. The average Bonchev–Trinajstić information content (AvgIpc) is 3.01. The number of carbonyl (C=O) groups is 2. The van der Waals surface area contributed by atoms with Crippen molar-refractivity contribution >= 4 is 50.6 Å². The molecular formula is C17H18N2O4S3. The smallest absolute Gasteiger partial charge is 0.275 e. The van der Waals surface area contributed by atoms with E-state index in [2.05, 4.69) is 23.9 Å². The first-order chi connectivity index (χ1) is 12.2. The van der Waals surface area contributed by atoms with E-state index in [1.54, 1.807) is 12.1 Å². The molecule has 0 unspecified atom stereocenters. The molecule has 1 aromatic heterocycles. The van der Waals surface area contributed by atoms with Gasteiger partial charge in [0.15, 0.2) is 0 Å². The molecule has 26 heavy (non-hydrogen) atoms. The molecule has 0 saturated carbocycles. The molecule has 2 N–H and O–H groups in total. The standard InChI is InChI=1S/C17H18N2O4S3/c1-10(2)7-11-3-5-15(25-11)17(21)19-26(22,23)12-4-6-14-13(8-12)18-16(20)9-24-14/h3-6,8,10H,7,9H2,1-2H3,(H,18,20)(H,19,21). The maximum absolute atomic E-state index is 12.5. The summed E-state index contributed by atoms with van der Waals surface area (Å²) in [6.45, 7) is 4.16. The van der Waals surface area contributed by atoms with Gasteiger partial charge in [-0.05, 0) is 42.7 Å². The maximum atomic E-state index is 12.5. The van der Waals surface area contributed by atoms with E-state index in [1.165, 1.54) is 35.2 Å². The number of benzene rings is 1. The molecule has 2 amide bonds. The number of sulfonamides is 1. The Bertz CT molecular complexity index is 964. The first-order valence-corrected chi connectivity index (χ1v) is 11.3. The SMILES string of the molecule is CC(C)Cc1ccc(C(=O)NS(=O)(=O)c2ccc3c(c2)NC(=O)CS3)s1. The third-order valence-electron chi connectivity index (χ3n) is 3.62. The lowest BCUT2D eigenvalue weighted by Crippen LogP contribution is -2.30. The molecule has 138 valence electrons. The number of fused-ring (bicyclic) bond motifs is 1. The lowest BCUT2D eigenvalue weighted by atomic mass is 10.1. The van der Waals surface area contributed by atoms with Crippen molar-refractivity contribution in [3.05, 3.63) is 40.1 Å². The van der Waals surface area contributed by atoms with Crippen LogP contribution >= 0.6 is 23.1 Å². The number of thiophene rings is 1. The van der Waals surface area contributed by atoms with E-state index in [4.69, 9.17) is 0 Å². The molecule has 1 aliphatic rings. The summed E-state index contributed by atoms with van der Waals surface area (Å²) in [7, 11) is -4.03. The average molecular weight is 411 g/mol. The number of nitrogens with one attached hydrogen (secondary N) is 2. The van der Waals surface area contributed by atoms with Gasteiger partial charge in [0.1, 0.15) is 0 Å². The Morgan fingerprint density at radius 3 is 2.77 bits per heavy atom. The minimum atomic E-state index is -4.03. The Kier molecular flexibility index (Phi) is 5.40. The minimum Gasteiger partial charge on any atom is -0.324 e. The quantitative estimate of drug-likeness (QED) is 0.790. The highest BCUT2D eigenvalue weighted by atomic mass is 32.2. The number of hydrogen-bond donors (Lipinski definition) is 2. The van der Waals surface area contributed by atoms with Gasteiger partial charge in [-0.25, -0.2) is 13.1 Å². The largest absolute Gasteiger partial charge is 0.324 e. The Morgan fingerprint density at radius 2 is 2.04 bits per heavy atom. The molecule has 6 nitrogen and oxygen atoms in total. The topological polar surface area (TPSA) is 92.3 Å². The van der Waals surface area contributed by atoms with Crippen molar-refractivity contribution in [2.45, 2.75) is 30.1 Å². The summed E-state index contributed by atoms with van der Waals surface area (Å²) in [5, 5.41) is 2.64. The van der Waals surface area contributed by atoms with E-state index in [9.17, 15) is 18.0 Å². The minimum absolute atomic E-state index is 0.0636. The van der Waals surface area contributed by atoms with E-state index in [1.807, 2.05) is 6.07 Å². The first kappa shape index (κ1) is 18.9. The van der Waals surface area contributed by atoms with E-state index < -0.39 is 15.9 Å². The summed E-state index contributed by atoms with van der Waals surface area (Å²) < 4.78 is 27.1. The summed E-state index contributed by atoms with van der Waals surface area (Å²) in [5.74, 6) is -0.0808. The van der Waals surface area contributed by atoms with Crippen LogP contribution in [0.1, 0.15) is 28.4 Å². The van der Waals surface area contributed by atoms with Crippen LogP contribution in [-0.2, 0) is 21.2 Å². The van der Waals surface area contributed by atoms with Crippen molar-refractivity contribution < 1.29 is 18.0 Å². The second kappa shape index (κ2) is 7.42. The predicted octanol–water partition coefficient (Wildman–Crippen LogP) is 3.11. The van der Waals surface area contributed by atoms with Gasteiger partial charge in [-0.1, -0.05) is 13.8 Å². The molecule has 0 bridgehead atoms. The summed E-state index contributed by atoms with van der Waals surface area (Å²) >= 11 is 2.63. The van der Waals surface area contributed by atoms with Crippen LogP contribution in [0.2, 0.25) is 0 Å². The van der Waals surface area contributed by atoms with Crippen LogP contribution in [0.5, 0.6) is 0 Å². The monoisotopic (exact) mass is 410 g/mol. The highest BCUT2D eigenvalue weighted by Crippen LogP contribution is 2.33. The van der Waals surface area contributed by atoms with Gasteiger partial charge >= 0.3 is 0 Å². The van der Waals surface area contributed by atoms with E-state index >= 15 is 0 Å². The fourth-order valence-corrected chi connectivity index (χ4v) is 5.43. The van der Waals surface area contributed by atoms with Gasteiger partial charge in [0.2, 0.25) is 5.91 Å². The van der Waals surface area contributed by atoms with E-state index in [0.717, 1.165) is 16.2 Å². The fraction of sp³-hybridized carbons (Fsp3) is 0.294. The molecular weight excluding hydrogens is 392 g/mol. The van der Waals surface area contributed by atoms with Crippen LogP contribution in [0.25, 0.3) is 0 Å². The molecule has 3 rings (SSSR count). The highest BCUT2D eigenvalue weighted by molar-refractivity contribution is 8.00. The lowest BCUT2D eigenvalue weighted by molar-refractivity contribution is -0.113. The first-order valence-electron chi connectivity index (χ1n) is 7.97. The zero-order chi connectivity index (χ0) is 18.9. The zero-order valence-electron chi connectivity index (χ0n) is 14.2. The number of carbonyl (C=O) groups excluding carboxylic acids is 2. The Hall–Kier alpha value is -1.84. The number of amides is 2. The summed E-state index contributed by atoms with van der Waals surface area (Å²) in [4.78, 5) is 25.9. The van der Waals surface area contributed by atoms with E-state index in [-0.39, 0.29) is 10.8 Å². The fourth-order valence-electron chi connectivity index (χ4n) is 2.47. The molecule has 1 aromatic carbocycles. The van der Waals surface area contributed by atoms with Gasteiger partial charge < -0.3 is 5.32 Å². The summed E-state index contributed by atoms with van der Waals surface area (Å²) in [6.07, 6.45) is 0.840. The van der Waals surface area contributed by atoms with Gasteiger partial charge in [-0.3, -0.25) is 9.59 Å².